The molecule has 0 aliphatic carbocycles. The zero-order valence-corrected chi connectivity index (χ0v) is 12.8. The van der Waals surface area contributed by atoms with Gasteiger partial charge in [-0.15, -0.1) is 0 Å². The molecule has 2 rings (SSSR count). The molecule has 0 radical (unpaired) electrons. The van der Waals surface area contributed by atoms with E-state index in [1.54, 1.807) is 13.1 Å². The van der Waals surface area contributed by atoms with E-state index in [0.717, 1.165) is 37.6 Å². The SMILES string of the molecule is CNc1cc(NCC2CN(C)CCN2C)cc([N+](=O)[O-])c1. The first kappa shape index (κ1) is 15.5. The summed E-state index contributed by atoms with van der Waals surface area (Å²) in [7, 11) is 5.99. The molecule has 1 aromatic carbocycles. The van der Waals surface area contributed by atoms with Crippen LogP contribution in [-0.2, 0) is 0 Å². The van der Waals surface area contributed by atoms with Crippen LogP contribution in [0.5, 0.6) is 0 Å². The quantitative estimate of drug-likeness (QED) is 0.629. The van der Waals surface area contributed by atoms with Crippen molar-refractivity contribution in [3.8, 4) is 0 Å². The number of nitrogens with zero attached hydrogens (tertiary/aromatic N) is 3. The van der Waals surface area contributed by atoms with Crippen LogP contribution in [0.4, 0.5) is 17.1 Å². The molecule has 2 N–H and O–H groups in total. The summed E-state index contributed by atoms with van der Waals surface area (Å²) in [6.07, 6.45) is 0. The van der Waals surface area contributed by atoms with E-state index in [1.165, 1.54) is 6.07 Å². The molecule has 1 heterocycles. The second-order valence-corrected chi connectivity index (χ2v) is 5.55. The van der Waals surface area contributed by atoms with Crippen molar-refractivity contribution in [2.75, 3.05) is 58.0 Å². The fourth-order valence-electron chi connectivity index (χ4n) is 2.52. The van der Waals surface area contributed by atoms with Crippen molar-refractivity contribution in [1.82, 2.24) is 9.80 Å². The predicted octanol–water partition coefficient (Wildman–Crippen LogP) is 1.29. The molecule has 0 bridgehead atoms. The van der Waals surface area contributed by atoms with Crippen molar-refractivity contribution < 1.29 is 4.92 Å². The number of anilines is 2. The summed E-state index contributed by atoms with van der Waals surface area (Å²) in [4.78, 5) is 15.2. The maximum Gasteiger partial charge on any atom is 0.273 e. The van der Waals surface area contributed by atoms with Crippen LogP contribution in [0.1, 0.15) is 0 Å². The average molecular weight is 293 g/mol. The van der Waals surface area contributed by atoms with Gasteiger partial charge in [-0.05, 0) is 20.2 Å². The van der Waals surface area contributed by atoms with Gasteiger partial charge in [-0.25, -0.2) is 0 Å². The Bertz CT molecular complexity index is 508. The smallest absolute Gasteiger partial charge is 0.273 e. The molecule has 1 saturated heterocycles. The van der Waals surface area contributed by atoms with Crippen molar-refractivity contribution in [1.29, 1.82) is 0 Å². The van der Waals surface area contributed by atoms with E-state index in [4.69, 9.17) is 0 Å². The molecule has 7 heteroatoms. The molecule has 21 heavy (non-hydrogen) atoms. The van der Waals surface area contributed by atoms with Gasteiger partial charge in [-0.3, -0.25) is 15.0 Å². The number of likely N-dealkylation sites (N-methyl/N-ethyl adjacent to an activating group) is 2. The van der Waals surface area contributed by atoms with Crippen LogP contribution >= 0.6 is 0 Å². The number of benzene rings is 1. The van der Waals surface area contributed by atoms with Gasteiger partial charge in [-0.1, -0.05) is 0 Å². The van der Waals surface area contributed by atoms with Crippen LogP contribution in [0.3, 0.4) is 0 Å². The van der Waals surface area contributed by atoms with Gasteiger partial charge >= 0.3 is 0 Å². The topological polar surface area (TPSA) is 73.7 Å². The van der Waals surface area contributed by atoms with Gasteiger partial charge in [0.1, 0.15) is 0 Å². The van der Waals surface area contributed by atoms with Crippen LogP contribution in [0.15, 0.2) is 18.2 Å². The summed E-state index contributed by atoms with van der Waals surface area (Å²) in [5.41, 5.74) is 1.61. The first-order valence-corrected chi connectivity index (χ1v) is 7.09. The van der Waals surface area contributed by atoms with Gasteiger partial charge in [0.25, 0.3) is 5.69 Å². The highest BCUT2D eigenvalue weighted by molar-refractivity contribution is 5.63. The van der Waals surface area contributed by atoms with E-state index in [-0.39, 0.29) is 10.6 Å². The maximum absolute atomic E-state index is 11.0. The summed E-state index contributed by atoms with van der Waals surface area (Å²) in [6.45, 7) is 3.88. The fourth-order valence-corrected chi connectivity index (χ4v) is 2.52. The summed E-state index contributed by atoms with van der Waals surface area (Å²) in [5, 5.41) is 17.2. The van der Waals surface area contributed by atoms with Crippen molar-refractivity contribution in [2.45, 2.75) is 6.04 Å². The van der Waals surface area contributed by atoms with Gasteiger partial charge in [0.05, 0.1) is 4.92 Å². The summed E-state index contributed by atoms with van der Waals surface area (Å²) < 4.78 is 0. The third kappa shape index (κ3) is 4.05. The molecule has 1 aliphatic heterocycles. The van der Waals surface area contributed by atoms with Gasteiger partial charge < -0.3 is 15.5 Å². The Morgan fingerprint density at radius 1 is 1.29 bits per heavy atom. The van der Waals surface area contributed by atoms with Crippen LogP contribution < -0.4 is 10.6 Å². The molecule has 1 aromatic rings. The van der Waals surface area contributed by atoms with E-state index in [9.17, 15) is 10.1 Å². The van der Waals surface area contributed by atoms with Crippen molar-refractivity contribution >= 4 is 17.1 Å². The van der Waals surface area contributed by atoms with Gasteiger partial charge in [-0.2, -0.15) is 0 Å². The first-order chi connectivity index (χ1) is 9.99. The van der Waals surface area contributed by atoms with Gasteiger partial charge in [0.2, 0.25) is 0 Å². The molecule has 1 fully saturated rings. The Labute approximate surface area is 125 Å². The van der Waals surface area contributed by atoms with E-state index in [0.29, 0.717) is 6.04 Å². The molecule has 1 aliphatic rings. The lowest BCUT2D eigenvalue weighted by molar-refractivity contribution is -0.384. The van der Waals surface area contributed by atoms with E-state index in [2.05, 4.69) is 34.5 Å². The second-order valence-electron chi connectivity index (χ2n) is 5.55. The molecule has 1 atom stereocenters. The number of hydrogen-bond donors (Lipinski definition) is 2. The summed E-state index contributed by atoms with van der Waals surface area (Å²) >= 11 is 0. The zero-order chi connectivity index (χ0) is 15.4. The van der Waals surface area contributed by atoms with Crippen LogP contribution in [0, 0.1) is 10.1 Å². The largest absolute Gasteiger partial charge is 0.388 e. The molecular formula is C14H23N5O2. The average Bonchev–Trinajstić information content (AvgIpc) is 2.47. The molecule has 1 unspecified atom stereocenters. The van der Waals surface area contributed by atoms with Crippen molar-refractivity contribution in [3.63, 3.8) is 0 Å². The highest BCUT2D eigenvalue weighted by atomic mass is 16.6. The Balaban J connectivity index is 2.05. The lowest BCUT2D eigenvalue weighted by Crippen LogP contribution is -2.52. The molecule has 0 amide bonds. The highest BCUT2D eigenvalue weighted by Gasteiger charge is 2.22. The molecule has 0 saturated carbocycles. The maximum atomic E-state index is 11.0. The minimum Gasteiger partial charge on any atom is -0.388 e. The minimum absolute atomic E-state index is 0.0958. The first-order valence-electron chi connectivity index (χ1n) is 7.09. The van der Waals surface area contributed by atoms with E-state index in [1.807, 2.05) is 6.07 Å². The molecule has 0 aromatic heterocycles. The Hall–Kier alpha value is -1.86. The van der Waals surface area contributed by atoms with Gasteiger partial charge in [0.15, 0.2) is 0 Å². The number of rotatable bonds is 5. The fraction of sp³-hybridized carbons (Fsp3) is 0.571. The van der Waals surface area contributed by atoms with Crippen molar-refractivity contribution in [2.24, 2.45) is 0 Å². The van der Waals surface area contributed by atoms with Crippen LogP contribution in [0.2, 0.25) is 0 Å². The number of nitrogens with one attached hydrogen (secondary N) is 2. The van der Waals surface area contributed by atoms with E-state index < -0.39 is 0 Å². The molecule has 116 valence electrons. The Morgan fingerprint density at radius 3 is 2.67 bits per heavy atom. The minimum atomic E-state index is -0.369. The number of nitro benzene ring substituents is 1. The number of non-ortho nitro benzene ring substituents is 1. The normalized spacial score (nSPS) is 20.2. The summed E-state index contributed by atoms with van der Waals surface area (Å²) in [5.74, 6) is 0. The van der Waals surface area contributed by atoms with E-state index >= 15 is 0 Å². The molecule has 7 nitrogen and oxygen atoms in total. The number of hydrogen-bond acceptors (Lipinski definition) is 6. The predicted molar refractivity (Wildman–Crippen MR) is 85.0 cm³/mol. The van der Waals surface area contributed by atoms with Crippen LogP contribution in [-0.4, -0.2) is 68.1 Å². The Kier molecular flexibility index (Phi) is 4.98. The number of piperazine rings is 1. The summed E-state index contributed by atoms with van der Waals surface area (Å²) in [6, 6.07) is 5.40. The monoisotopic (exact) mass is 293 g/mol. The zero-order valence-electron chi connectivity index (χ0n) is 12.8. The highest BCUT2D eigenvalue weighted by Crippen LogP contribution is 2.24. The lowest BCUT2D eigenvalue weighted by atomic mass is 10.1. The van der Waals surface area contributed by atoms with Crippen molar-refractivity contribution in [3.05, 3.63) is 28.3 Å². The Morgan fingerprint density at radius 2 is 2.00 bits per heavy atom. The molecular weight excluding hydrogens is 270 g/mol. The molecule has 0 spiro atoms. The van der Waals surface area contributed by atoms with Crippen LogP contribution in [0.25, 0.3) is 0 Å². The second kappa shape index (κ2) is 6.73. The number of nitro groups is 1. The van der Waals surface area contributed by atoms with Gasteiger partial charge in [0, 0.05) is 62.8 Å². The standard InChI is InChI=1S/C14H23N5O2/c1-15-11-6-12(8-13(7-11)19(20)21)16-9-14-10-17(2)4-5-18(14)3/h6-8,14-16H,4-5,9-10H2,1-3H3. The third-order valence-corrected chi connectivity index (χ3v) is 3.94. The third-order valence-electron chi connectivity index (χ3n) is 3.94. The lowest BCUT2D eigenvalue weighted by Gasteiger charge is -2.37.